The maximum Gasteiger partial charge on any atom is 0.262 e. The molecule has 2 heterocycles. The van der Waals surface area contributed by atoms with Crippen molar-refractivity contribution in [3.63, 3.8) is 0 Å². The molecule has 34 heavy (non-hydrogen) atoms. The van der Waals surface area contributed by atoms with E-state index in [1.807, 2.05) is 47.2 Å². The molecule has 1 N–H and O–H groups in total. The van der Waals surface area contributed by atoms with Gasteiger partial charge in [0.1, 0.15) is 17.5 Å². The standard InChI is InChI=1S/C27H20FN3O3/c28-22-8-5-18(6-9-22)15-31-16-21(23-3-1-2-4-24(23)31)12-20(13-29)27(32)30-14-19-7-10-25-26(11-19)34-17-33-25/h1-12,16H,14-15,17H2,(H,30,32)/b20-12-. The lowest BCUT2D eigenvalue weighted by Crippen LogP contribution is -2.23. The largest absolute Gasteiger partial charge is 0.454 e. The number of rotatable bonds is 6. The van der Waals surface area contributed by atoms with Crippen molar-refractivity contribution in [2.24, 2.45) is 0 Å². The van der Waals surface area contributed by atoms with Gasteiger partial charge in [-0.05, 0) is 47.5 Å². The molecule has 0 radical (unpaired) electrons. The van der Waals surface area contributed by atoms with Gasteiger partial charge in [0, 0.05) is 35.8 Å². The normalized spacial score (nSPS) is 12.5. The Morgan fingerprint density at radius 2 is 1.82 bits per heavy atom. The minimum atomic E-state index is -0.462. The van der Waals surface area contributed by atoms with Crippen molar-refractivity contribution in [3.8, 4) is 17.6 Å². The smallest absolute Gasteiger partial charge is 0.262 e. The first-order chi connectivity index (χ1) is 16.6. The van der Waals surface area contributed by atoms with Crippen molar-refractivity contribution in [1.82, 2.24) is 9.88 Å². The number of nitrogens with zero attached hydrogens (tertiary/aromatic N) is 2. The van der Waals surface area contributed by atoms with Gasteiger partial charge in [-0.25, -0.2) is 4.39 Å². The third kappa shape index (κ3) is 4.34. The average molecular weight is 453 g/mol. The number of nitriles is 1. The number of carbonyl (C=O) groups is 1. The van der Waals surface area contributed by atoms with Crippen LogP contribution >= 0.6 is 0 Å². The average Bonchev–Trinajstić information content (AvgIpc) is 3.47. The fourth-order valence-electron chi connectivity index (χ4n) is 3.94. The quantitative estimate of drug-likeness (QED) is 0.337. The summed E-state index contributed by atoms with van der Waals surface area (Å²) in [5.74, 6) is 0.562. The summed E-state index contributed by atoms with van der Waals surface area (Å²) in [5, 5.41) is 13.4. The van der Waals surface area contributed by atoms with E-state index < -0.39 is 5.91 Å². The molecule has 0 saturated heterocycles. The van der Waals surface area contributed by atoms with Gasteiger partial charge in [-0.2, -0.15) is 5.26 Å². The number of hydrogen-bond donors (Lipinski definition) is 1. The zero-order chi connectivity index (χ0) is 23.5. The Morgan fingerprint density at radius 1 is 1.06 bits per heavy atom. The van der Waals surface area contributed by atoms with E-state index in [1.54, 1.807) is 30.3 Å². The summed E-state index contributed by atoms with van der Waals surface area (Å²) in [6, 6.07) is 21.6. The van der Waals surface area contributed by atoms with Crippen LogP contribution in [-0.4, -0.2) is 17.3 Å². The van der Waals surface area contributed by atoms with Crippen LogP contribution < -0.4 is 14.8 Å². The summed E-state index contributed by atoms with van der Waals surface area (Å²) in [6.07, 6.45) is 3.49. The van der Waals surface area contributed by atoms with Gasteiger partial charge in [0.2, 0.25) is 6.79 Å². The molecule has 0 fully saturated rings. The fraction of sp³-hybridized carbons (Fsp3) is 0.111. The maximum atomic E-state index is 13.3. The Balaban J connectivity index is 1.38. The molecule has 1 aliphatic heterocycles. The van der Waals surface area contributed by atoms with Crippen LogP contribution in [-0.2, 0) is 17.9 Å². The van der Waals surface area contributed by atoms with Crippen LogP contribution in [0.15, 0.2) is 78.5 Å². The molecule has 4 aromatic rings. The zero-order valence-electron chi connectivity index (χ0n) is 18.1. The van der Waals surface area contributed by atoms with Crippen molar-refractivity contribution >= 4 is 22.9 Å². The number of nitrogens with one attached hydrogen (secondary N) is 1. The van der Waals surface area contributed by atoms with Crippen LogP contribution in [0, 0.1) is 17.1 Å². The summed E-state index contributed by atoms with van der Waals surface area (Å²) >= 11 is 0. The van der Waals surface area contributed by atoms with Crippen molar-refractivity contribution in [1.29, 1.82) is 5.26 Å². The van der Waals surface area contributed by atoms with E-state index >= 15 is 0 Å². The lowest BCUT2D eigenvalue weighted by atomic mass is 10.1. The van der Waals surface area contributed by atoms with Crippen LogP contribution in [0.2, 0.25) is 0 Å². The molecule has 0 spiro atoms. The second-order valence-corrected chi connectivity index (χ2v) is 7.90. The Morgan fingerprint density at radius 3 is 2.65 bits per heavy atom. The van der Waals surface area contributed by atoms with Crippen LogP contribution in [0.1, 0.15) is 16.7 Å². The summed E-state index contributed by atoms with van der Waals surface area (Å²) in [5.41, 5.74) is 3.50. The van der Waals surface area contributed by atoms with E-state index in [2.05, 4.69) is 5.32 Å². The SMILES string of the molecule is N#C/C(=C/c1cn(Cc2ccc(F)cc2)c2ccccc12)C(=O)NCc1ccc2c(c1)OCO2. The number of para-hydroxylation sites is 1. The Bertz CT molecular complexity index is 1450. The van der Waals surface area contributed by atoms with Gasteiger partial charge in [-0.3, -0.25) is 4.79 Å². The molecular weight excluding hydrogens is 433 g/mol. The van der Waals surface area contributed by atoms with Crippen molar-refractivity contribution in [3.05, 3.63) is 101 Å². The van der Waals surface area contributed by atoms with Gasteiger partial charge in [0.15, 0.2) is 11.5 Å². The molecular formula is C27H20FN3O3. The highest BCUT2D eigenvalue weighted by Crippen LogP contribution is 2.32. The molecule has 5 rings (SSSR count). The van der Waals surface area contributed by atoms with Gasteiger partial charge in [-0.1, -0.05) is 36.4 Å². The van der Waals surface area contributed by atoms with Gasteiger partial charge in [0.05, 0.1) is 0 Å². The number of halogens is 1. The second kappa shape index (κ2) is 9.12. The molecule has 0 saturated carbocycles. The van der Waals surface area contributed by atoms with Gasteiger partial charge in [-0.15, -0.1) is 0 Å². The van der Waals surface area contributed by atoms with Gasteiger partial charge in [0.25, 0.3) is 5.91 Å². The van der Waals surface area contributed by atoms with E-state index in [4.69, 9.17) is 9.47 Å². The number of carbonyl (C=O) groups excluding carboxylic acids is 1. The second-order valence-electron chi connectivity index (χ2n) is 7.90. The van der Waals surface area contributed by atoms with Gasteiger partial charge >= 0.3 is 0 Å². The van der Waals surface area contributed by atoms with E-state index in [9.17, 15) is 14.4 Å². The van der Waals surface area contributed by atoms with Crippen molar-refractivity contribution < 1.29 is 18.7 Å². The third-order valence-corrected chi connectivity index (χ3v) is 5.64. The predicted molar refractivity (Wildman–Crippen MR) is 125 cm³/mol. The molecule has 1 aromatic heterocycles. The van der Waals surface area contributed by atoms with Crippen LogP contribution in [0.4, 0.5) is 4.39 Å². The van der Waals surface area contributed by atoms with E-state index in [0.717, 1.165) is 27.6 Å². The van der Waals surface area contributed by atoms with Crippen molar-refractivity contribution in [2.75, 3.05) is 6.79 Å². The highest BCUT2D eigenvalue weighted by Gasteiger charge is 2.15. The Labute approximate surface area is 195 Å². The summed E-state index contributed by atoms with van der Waals surface area (Å²) in [7, 11) is 0. The topological polar surface area (TPSA) is 76.3 Å². The first-order valence-corrected chi connectivity index (χ1v) is 10.7. The zero-order valence-corrected chi connectivity index (χ0v) is 18.1. The number of aromatic nitrogens is 1. The summed E-state index contributed by atoms with van der Waals surface area (Å²) in [4.78, 5) is 12.8. The number of ether oxygens (including phenoxy) is 2. The molecule has 0 atom stereocenters. The minimum Gasteiger partial charge on any atom is -0.454 e. The van der Waals surface area contributed by atoms with Crippen LogP contribution in [0.5, 0.6) is 11.5 Å². The molecule has 0 aliphatic carbocycles. The molecule has 0 unspecified atom stereocenters. The predicted octanol–water partition coefficient (Wildman–Crippen LogP) is 4.78. The molecule has 1 amide bonds. The van der Waals surface area contributed by atoms with Crippen LogP contribution in [0.3, 0.4) is 0 Å². The fourth-order valence-corrected chi connectivity index (χ4v) is 3.94. The van der Waals surface area contributed by atoms with E-state index in [1.165, 1.54) is 12.1 Å². The molecule has 6 nitrogen and oxygen atoms in total. The molecule has 168 valence electrons. The highest BCUT2D eigenvalue weighted by molar-refractivity contribution is 6.04. The Hall–Kier alpha value is -4.57. The lowest BCUT2D eigenvalue weighted by Gasteiger charge is -2.06. The first kappa shape index (κ1) is 21.3. The molecule has 1 aliphatic rings. The van der Waals surface area contributed by atoms with Gasteiger partial charge < -0.3 is 19.4 Å². The number of amides is 1. The maximum absolute atomic E-state index is 13.3. The Kier molecular flexibility index (Phi) is 5.71. The summed E-state index contributed by atoms with van der Waals surface area (Å²) in [6.45, 7) is 0.967. The molecule has 3 aromatic carbocycles. The number of fused-ring (bicyclic) bond motifs is 2. The minimum absolute atomic E-state index is 0.00503. The number of hydrogen-bond acceptors (Lipinski definition) is 4. The number of benzene rings is 3. The van der Waals surface area contributed by atoms with E-state index in [-0.39, 0.29) is 24.7 Å². The monoisotopic (exact) mass is 453 g/mol. The van der Waals surface area contributed by atoms with E-state index in [0.29, 0.717) is 18.0 Å². The third-order valence-electron chi connectivity index (χ3n) is 5.64. The summed E-state index contributed by atoms with van der Waals surface area (Å²) < 4.78 is 26.0. The molecule has 0 bridgehead atoms. The van der Waals surface area contributed by atoms with Crippen molar-refractivity contribution in [2.45, 2.75) is 13.1 Å². The van der Waals surface area contributed by atoms with Crippen LogP contribution in [0.25, 0.3) is 17.0 Å². The molecule has 7 heteroatoms. The highest BCUT2D eigenvalue weighted by atomic mass is 19.1. The lowest BCUT2D eigenvalue weighted by molar-refractivity contribution is -0.117. The first-order valence-electron chi connectivity index (χ1n) is 10.7.